The molecule has 2 N–H and O–H groups in total. The number of carbonyl (C=O) groups excluding carboxylic acids is 1. The van der Waals surface area contributed by atoms with Gasteiger partial charge < -0.3 is 10.4 Å². The molecule has 1 fully saturated rings. The third-order valence-electron chi connectivity index (χ3n) is 4.51. The zero-order valence-corrected chi connectivity index (χ0v) is 16.1. The Labute approximate surface area is 166 Å². The zero-order valence-electron chi connectivity index (χ0n) is 14.6. The summed E-state index contributed by atoms with van der Waals surface area (Å²) in [6.45, 7) is 0. The van der Waals surface area contributed by atoms with E-state index in [1.54, 1.807) is 0 Å². The van der Waals surface area contributed by atoms with Crippen LogP contribution < -0.4 is 5.32 Å². The van der Waals surface area contributed by atoms with Crippen LogP contribution in [0.3, 0.4) is 0 Å². The first kappa shape index (κ1) is 20.1. The Morgan fingerprint density at radius 2 is 1.85 bits per heavy atom. The van der Waals surface area contributed by atoms with Gasteiger partial charge in [-0.3, -0.25) is 4.79 Å². The standard InChI is InChI=1S/C20H20ClF2NO2S/c21-16-10-13(6-8-17(16)22)24-20(26)12-5-7-18(23)19(9-12)27-15-4-2-1-3-14(25)11-15/h5-10,14-15,25H,1-4,11H2,(H,24,26)/t14-,15?/m1/s1. The molecule has 0 bridgehead atoms. The lowest BCUT2D eigenvalue weighted by molar-refractivity contribution is 0.102. The lowest BCUT2D eigenvalue weighted by atomic mass is 10.2. The number of aliphatic hydroxyl groups is 1. The van der Waals surface area contributed by atoms with Crippen LogP contribution in [0.5, 0.6) is 0 Å². The van der Waals surface area contributed by atoms with Gasteiger partial charge in [0, 0.05) is 21.4 Å². The van der Waals surface area contributed by atoms with Gasteiger partial charge in [0.2, 0.25) is 0 Å². The number of rotatable bonds is 4. The molecule has 1 aliphatic carbocycles. The van der Waals surface area contributed by atoms with Crippen molar-refractivity contribution in [2.45, 2.75) is 48.4 Å². The quantitative estimate of drug-likeness (QED) is 0.638. The smallest absolute Gasteiger partial charge is 0.255 e. The van der Waals surface area contributed by atoms with Gasteiger partial charge in [0.1, 0.15) is 11.6 Å². The molecular formula is C20H20ClF2NO2S. The average Bonchev–Trinajstić information content (AvgIpc) is 2.84. The first-order valence-electron chi connectivity index (χ1n) is 8.83. The summed E-state index contributed by atoms with van der Waals surface area (Å²) in [5.41, 5.74) is 0.658. The second-order valence-electron chi connectivity index (χ2n) is 6.64. The van der Waals surface area contributed by atoms with Crippen molar-refractivity contribution in [3.8, 4) is 0 Å². The van der Waals surface area contributed by atoms with E-state index in [1.807, 2.05) is 0 Å². The van der Waals surface area contributed by atoms with Crippen molar-refractivity contribution in [3.63, 3.8) is 0 Å². The van der Waals surface area contributed by atoms with Gasteiger partial charge in [-0.1, -0.05) is 24.4 Å². The lowest BCUT2D eigenvalue weighted by Crippen LogP contribution is -2.14. The molecule has 2 aromatic rings. The van der Waals surface area contributed by atoms with Crippen molar-refractivity contribution in [2.24, 2.45) is 0 Å². The molecule has 1 amide bonds. The maximum absolute atomic E-state index is 14.2. The molecule has 0 saturated heterocycles. The molecule has 0 aromatic heterocycles. The molecule has 1 unspecified atom stereocenters. The van der Waals surface area contributed by atoms with E-state index in [4.69, 9.17) is 11.6 Å². The number of aliphatic hydroxyl groups excluding tert-OH is 1. The molecule has 0 radical (unpaired) electrons. The van der Waals surface area contributed by atoms with E-state index in [0.29, 0.717) is 22.6 Å². The Balaban J connectivity index is 1.73. The largest absolute Gasteiger partial charge is 0.393 e. The number of anilines is 1. The van der Waals surface area contributed by atoms with Crippen molar-refractivity contribution in [1.29, 1.82) is 0 Å². The van der Waals surface area contributed by atoms with Crippen LogP contribution in [0.25, 0.3) is 0 Å². The summed E-state index contributed by atoms with van der Waals surface area (Å²) in [5, 5.41) is 12.6. The highest BCUT2D eigenvalue weighted by atomic mass is 35.5. The molecular weight excluding hydrogens is 392 g/mol. The molecule has 7 heteroatoms. The van der Waals surface area contributed by atoms with Crippen LogP contribution in [-0.4, -0.2) is 22.4 Å². The van der Waals surface area contributed by atoms with Gasteiger partial charge in [0.25, 0.3) is 5.91 Å². The summed E-state index contributed by atoms with van der Waals surface area (Å²) in [4.78, 5) is 12.8. The van der Waals surface area contributed by atoms with Crippen LogP contribution in [0.15, 0.2) is 41.3 Å². The molecule has 1 saturated carbocycles. The Hall–Kier alpha value is -1.63. The van der Waals surface area contributed by atoms with Crippen molar-refractivity contribution in [1.82, 2.24) is 0 Å². The summed E-state index contributed by atoms with van der Waals surface area (Å²) in [6, 6.07) is 8.08. The highest BCUT2D eigenvalue weighted by Crippen LogP contribution is 2.35. The number of carbonyl (C=O) groups is 1. The van der Waals surface area contributed by atoms with Gasteiger partial charge in [-0.25, -0.2) is 8.78 Å². The van der Waals surface area contributed by atoms with Gasteiger partial charge in [-0.15, -0.1) is 11.8 Å². The summed E-state index contributed by atoms with van der Waals surface area (Å²) < 4.78 is 27.5. The summed E-state index contributed by atoms with van der Waals surface area (Å²) >= 11 is 7.09. The lowest BCUT2D eigenvalue weighted by Gasteiger charge is -2.17. The maximum Gasteiger partial charge on any atom is 0.255 e. The highest BCUT2D eigenvalue weighted by molar-refractivity contribution is 8.00. The molecule has 3 rings (SSSR count). The minimum atomic E-state index is -0.569. The van der Waals surface area contributed by atoms with Crippen molar-refractivity contribution in [3.05, 3.63) is 58.6 Å². The van der Waals surface area contributed by atoms with Crippen LogP contribution in [0.2, 0.25) is 5.02 Å². The molecule has 0 aliphatic heterocycles. The molecule has 0 heterocycles. The number of halogens is 3. The molecule has 0 spiro atoms. The van der Waals surface area contributed by atoms with Gasteiger partial charge in [-0.05, 0) is 55.7 Å². The SMILES string of the molecule is O=C(Nc1ccc(F)c(Cl)c1)c1ccc(F)c(SC2CCCC[C@@H](O)C2)c1. The van der Waals surface area contributed by atoms with E-state index < -0.39 is 11.7 Å². The maximum atomic E-state index is 14.2. The van der Waals surface area contributed by atoms with E-state index in [2.05, 4.69) is 5.32 Å². The monoisotopic (exact) mass is 411 g/mol. The van der Waals surface area contributed by atoms with Crippen molar-refractivity contribution < 1.29 is 18.7 Å². The van der Waals surface area contributed by atoms with Crippen LogP contribution in [0.1, 0.15) is 42.5 Å². The van der Waals surface area contributed by atoms with Crippen molar-refractivity contribution in [2.75, 3.05) is 5.32 Å². The molecule has 27 heavy (non-hydrogen) atoms. The van der Waals surface area contributed by atoms with Gasteiger partial charge in [-0.2, -0.15) is 0 Å². The second-order valence-corrected chi connectivity index (χ2v) is 8.39. The van der Waals surface area contributed by atoms with E-state index >= 15 is 0 Å². The summed E-state index contributed by atoms with van der Waals surface area (Å²) in [7, 11) is 0. The Bertz CT molecular complexity index is 834. The number of hydrogen-bond acceptors (Lipinski definition) is 3. The summed E-state index contributed by atoms with van der Waals surface area (Å²) in [5.74, 6) is -1.39. The predicted octanol–water partition coefficient (Wildman–Crippen LogP) is 5.66. The molecule has 2 atom stereocenters. The van der Waals surface area contributed by atoms with Crippen LogP contribution in [-0.2, 0) is 0 Å². The van der Waals surface area contributed by atoms with Crippen LogP contribution in [0, 0.1) is 11.6 Å². The zero-order chi connectivity index (χ0) is 19.4. The fourth-order valence-electron chi connectivity index (χ4n) is 3.09. The van der Waals surface area contributed by atoms with E-state index in [9.17, 15) is 18.7 Å². The van der Waals surface area contributed by atoms with E-state index in [0.717, 1.165) is 25.7 Å². The second kappa shape index (κ2) is 9.04. The Kier molecular flexibility index (Phi) is 6.73. The first-order valence-corrected chi connectivity index (χ1v) is 10.1. The fraction of sp³-hybridized carbons (Fsp3) is 0.350. The Morgan fingerprint density at radius 1 is 1.11 bits per heavy atom. The van der Waals surface area contributed by atoms with Gasteiger partial charge in [0.15, 0.2) is 0 Å². The normalized spacial score (nSPS) is 20.1. The minimum absolute atomic E-state index is 0.0879. The number of hydrogen-bond donors (Lipinski definition) is 2. The summed E-state index contributed by atoms with van der Waals surface area (Å²) in [6.07, 6.45) is 3.93. The highest BCUT2D eigenvalue weighted by Gasteiger charge is 2.21. The number of amides is 1. The third kappa shape index (κ3) is 5.43. The topological polar surface area (TPSA) is 49.3 Å². The minimum Gasteiger partial charge on any atom is -0.393 e. The van der Waals surface area contributed by atoms with Crippen molar-refractivity contribution >= 4 is 35.0 Å². The molecule has 2 aromatic carbocycles. The number of nitrogens with one attached hydrogen (secondary N) is 1. The number of benzene rings is 2. The first-order chi connectivity index (χ1) is 12.9. The molecule has 144 valence electrons. The van der Waals surface area contributed by atoms with Gasteiger partial charge >= 0.3 is 0 Å². The third-order valence-corrected chi connectivity index (χ3v) is 6.13. The van der Waals surface area contributed by atoms with Gasteiger partial charge in [0.05, 0.1) is 11.1 Å². The number of thioether (sulfide) groups is 1. The van der Waals surface area contributed by atoms with Crippen LogP contribution >= 0.6 is 23.4 Å². The van der Waals surface area contributed by atoms with Crippen LogP contribution in [0.4, 0.5) is 14.5 Å². The molecule has 1 aliphatic rings. The average molecular weight is 412 g/mol. The van der Waals surface area contributed by atoms with E-state index in [-0.39, 0.29) is 22.2 Å². The molecule has 3 nitrogen and oxygen atoms in total. The van der Waals surface area contributed by atoms with E-state index in [1.165, 1.54) is 48.2 Å². The predicted molar refractivity (Wildman–Crippen MR) is 105 cm³/mol. The fourth-order valence-corrected chi connectivity index (χ4v) is 4.61. The Morgan fingerprint density at radius 3 is 2.63 bits per heavy atom.